The van der Waals surface area contributed by atoms with Crippen LogP contribution in [0.3, 0.4) is 0 Å². The summed E-state index contributed by atoms with van der Waals surface area (Å²) in [7, 11) is -2.03. The molecule has 0 saturated carbocycles. The monoisotopic (exact) mass is 555 g/mol. The predicted octanol–water partition coefficient (Wildman–Crippen LogP) is 7.49. The van der Waals surface area contributed by atoms with Crippen LogP contribution in [0, 0.1) is 0 Å². The lowest BCUT2D eigenvalue weighted by Crippen LogP contribution is -2.29. The zero-order valence-electron chi connectivity index (χ0n) is 24.3. The van der Waals surface area contributed by atoms with Crippen molar-refractivity contribution >= 4 is 14.6 Å². The first kappa shape index (κ1) is 34.8. The molecule has 0 bridgehead atoms. The number of carbonyl (C=O) groups excluding carboxylic acids is 1. The molecule has 1 rings (SSSR count). The Hall–Kier alpha value is -1.24. The van der Waals surface area contributed by atoms with E-state index < -0.39 is 14.7 Å². The molecular formula is C30H54NO6P. The van der Waals surface area contributed by atoms with Crippen LogP contribution in [0.25, 0.3) is 0 Å². The number of unbranched alkanes of at least 4 members (excludes halogenated alkanes) is 11. The normalized spacial score (nSPS) is 12.8. The third kappa shape index (κ3) is 19.8. The number of likely N-dealkylation sites (N-methyl/N-ethyl adjacent to an activating group) is 1. The van der Waals surface area contributed by atoms with Crippen LogP contribution < -0.4 is 10.1 Å². The van der Waals surface area contributed by atoms with Crippen LogP contribution in [0.1, 0.15) is 110 Å². The molecule has 8 heteroatoms. The van der Waals surface area contributed by atoms with Gasteiger partial charge < -0.3 is 28.7 Å². The van der Waals surface area contributed by atoms with Crippen molar-refractivity contribution < 1.29 is 28.2 Å². The van der Waals surface area contributed by atoms with Gasteiger partial charge in [-0.2, -0.15) is 0 Å². The fourth-order valence-corrected chi connectivity index (χ4v) is 4.67. The highest BCUT2D eigenvalue weighted by molar-refractivity contribution is 7.40. The summed E-state index contributed by atoms with van der Waals surface area (Å²) in [4.78, 5) is 21.7. The lowest BCUT2D eigenvalue weighted by molar-refractivity contribution is -0.152. The van der Waals surface area contributed by atoms with Gasteiger partial charge >= 0.3 is 14.6 Å². The first-order valence-corrected chi connectivity index (χ1v) is 16.1. The lowest BCUT2D eigenvalue weighted by atomic mass is 10.0. The summed E-state index contributed by atoms with van der Waals surface area (Å²) in [6.07, 6.45) is 17.0. The molecular weight excluding hydrogens is 501 g/mol. The van der Waals surface area contributed by atoms with Gasteiger partial charge in [0.1, 0.15) is 12.4 Å². The van der Waals surface area contributed by atoms with Crippen molar-refractivity contribution in [2.45, 2.75) is 117 Å². The average molecular weight is 556 g/mol. The topological polar surface area (TPSA) is 86.2 Å². The van der Waals surface area contributed by atoms with Crippen LogP contribution in [0.5, 0.6) is 5.75 Å². The van der Waals surface area contributed by atoms with Crippen molar-refractivity contribution in [2.75, 3.05) is 32.9 Å². The number of esters is 1. The molecule has 220 valence electrons. The summed E-state index contributed by atoms with van der Waals surface area (Å²) in [5.41, 5.74) is 1.31. The van der Waals surface area contributed by atoms with E-state index in [-0.39, 0.29) is 25.6 Å². The molecule has 0 fully saturated rings. The predicted molar refractivity (Wildman–Crippen MR) is 156 cm³/mol. The minimum atomic E-state index is -2.03. The van der Waals surface area contributed by atoms with Gasteiger partial charge in [0.25, 0.3) is 0 Å². The van der Waals surface area contributed by atoms with Crippen LogP contribution >= 0.6 is 8.60 Å². The molecule has 0 aliphatic carbocycles. The lowest BCUT2D eigenvalue weighted by Gasteiger charge is -2.19. The Kier molecular flexibility index (Phi) is 22.7. The van der Waals surface area contributed by atoms with E-state index in [0.29, 0.717) is 18.9 Å². The van der Waals surface area contributed by atoms with E-state index >= 15 is 0 Å². The number of hydrogen-bond acceptors (Lipinski definition) is 7. The molecule has 0 aliphatic rings. The second-order valence-electron chi connectivity index (χ2n) is 9.78. The summed E-state index contributed by atoms with van der Waals surface area (Å²) in [5.74, 6) is 0.379. The zero-order valence-corrected chi connectivity index (χ0v) is 25.2. The van der Waals surface area contributed by atoms with Gasteiger partial charge in [0, 0.05) is 13.0 Å². The van der Waals surface area contributed by atoms with Crippen LogP contribution in [-0.4, -0.2) is 49.9 Å². The number of nitrogens with one attached hydrogen (secondary N) is 1. The van der Waals surface area contributed by atoms with Crippen molar-refractivity contribution in [2.24, 2.45) is 0 Å². The molecule has 2 atom stereocenters. The Morgan fingerprint density at radius 2 is 1.45 bits per heavy atom. The van der Waals surface area contributed by atoms with Crippen LogP contribution in [0.15, 0.2) is 24.3 Å². The highest BCUT2D eigenvalue weighted by Gasteiger charge is 2.18. The van der Waals surface area contributed by atoms with Crippen molar-refractivity contribution in [3.05, 3.63) is 29.8 Å². The maximum absolute atomic E-state index is 11.8. The highest BCUT2D eigenvalue weighted by Crippen LogP contribution is 2.32. The van der Waals surface area contributed by atoms with Crippen LogP contribution in [0.4, 0.5) is 0 Å². The van der Waals surface area contributed by atoms with Crippen LogP contribution in [0.2, 0.25) is 0 Å². The smallest absolute Gasteiger partial charge is 0.330 e. The molecule has 0 spiro atoms. The minimum Gasteiger partial charge on any atom is -0.490 e. The summed E-state index contributed by atoms with van der Waals surface area (Å²) >= 11 is 0. The van der Waals surface area contributed by atoms with Gasteiger partial charge in [-0.15, -0.1) is 0 Å². The van der Waals surface area contributed by atoms with Gasteiger partial charge in [0.05, 0.1) is 13.2 Å². The molecule has 0 heterocycles. The van der Waals surface area contributed by atoms with Crippen LogP contribution in [-0.2, 0) is 25.0 Å². The van der Waals surface area contributed by atoms with Crippen molar-refractivity contribution in [1.29, 1.82) is 0 Å². The van der Waals surface area contributed by atoms with E-state index in [9.17, 15) is 9.69 Å². The summed E-state index contributed by atoms with van der Waals surface area (Å²) in [5, 5.41) is 3.10. The Morgan fingerprint density at radius 3 is 2.03 bits per heavy atom. The second-order valence-corrected chi connectivity index (χ2v) is 10.8. The molecule has 1 aromatic carbocycles. The fraction of sp³-hybridized carbons (Fsp3) is 0.767. The van der Waals surface area contributed by atoms with E-state index in [1.165, 1.54) is 82.6 Å². The standard InChI is InChI=1S/C30H54NO6P/c1-4-7-8-9-10-11-12-13-14-15-16-17-18-27-19-21-28(22-20-27)34-25-29(37-30(32)5-2)26-36-38(33)35-24-23-31-6-3/h19-22,29,31,33H,4-18,23-26H2,1-3H3. The Morgan fingerprint density at radius 1 is 0.842 bits per heavy atom. The molecule has 2 unspecified atom stereocenters. The van der Waals surface area contributed by atoms with Crippen molar-refractivity contribution in [1.82, 2.24) is 5.32 Å². The SMILES string of the molecule is CCCCCCCCCCCCCCc1ccc(OCC(COP(O)OCCNCC)OC(=O)CC)cc1. The quantitative estimate of drug-likeness (QED) is 0.0696. The molecule has 0 aromatic heterocycles. The highest BCUT2D eigenvalue weighted by atomic mass is 31.2. The first-order chi connectivity index (χ1) is 18.6. The number of hydrogen-bond donors (Lipinski definition) is 2. The molecule has 0 aliphatic heterocycles. The van der Waals surface area contributed by atoms with Gasteiger partial charge in [0.15, 0.2) is 6.10 Å². The number of benzene rings is 1. The molecule has 7 nitrogen and oxygen atoms in total. The maximum atomic E-state index is 11.8. The van der Waals surface area contributed by atoms with Gasteiger partial charge in [-0.1, -0.05) is 104 Å². The Bertz CT molecular complexity index is 675. The summed E-state index contributed by atoms with van der Waals surface area (Å²) < 4.78 is 21.9. The maximum Gasteiger partial charge on any atom is 0.330 e. The third-order valence-corrected chi connectivity index (χ3v) is 7.14. The van der Waals surface area contributed by atoms with E-state index in [0.717, 1.165) is 13.0 Å². The van der Waals surface area contributed by atoms with Gasteiger partial charge in [0.2, 0.25) is 0 Å². The number of aryl methyl sites for hydroxylation is 1. The Balaban J connectivity index is 2.22. The first-order valence-electron chi connectivity index (χ1n) is 15.0. The van der Waals surface area contributed by atoms with Crippen molar-refractivity contribution in [3.8, 4) is 5.75 Å². The van der Waals surface area contributed by atoms with Gasteiger partial charge in [-0.25, -0.2) is 0 Å². The second kappa shape index (κ2) is 24.8. The third-order valence-electron chi connectivity index (χ3n) is 6.37. The van der Waals surface area contributed by atoms with Crippen molar-refractivity contribution in [3.63, 3.8) is 0 Å². The largest absolute Gasteiger partial charge is 0.490 e. The summed E-state index contributed by atoms with van der Waals surface area (Å²) in [6, 6.07) is 8.11. The summed E-state index contributed by atoms with van der Waals surface area (Å²) in [6.45, 7) is 7.96. The average Bonchev–Trinajstić information content (AvgIpc) is 2.93. The molecule has 1 aromatic rings. The number of rotatable bonds is 26. The molecule has 2 N–H and O–H groups in total. The van der Waals surface area contributed by atoms with E-state index in [2.05, 4.69) is 24.4 Å². The number of ether oxygens (including phenoxy) is 2. The number of carbonyl (C=O) groups is 1. The molecule has 38 heavy (non-hydrogen) atoms. The van der Waals surface area contributed by atoms with Gasteiger partial charge in [-0.05, 0) is 37.1 Å². The Labute approximate surface area is 233 Å². The molecule has 0 saturated heterocycles. The van der Waals surface area contributed by atoms with E-state index in [1.807, 2.05) is 19.1 Å². The zero-order chi connectivity index (χ0) is 27.7. The van der Waals surface area contributed by atoms with E-state index in [1.54, 1.807) is 6.92 Å². The molecule has 0 radical (unpaired) electrons. The molecule has 0 amide bonds. The fourth-order valence-electron chi connectivity index (χ4n) is 4.05. The van der Waals surface area contributed by atoms with E-state index in [4.69, 9.17) is 18.5 Å². The minimum absolute atomic E-state index is 0.00614. The van der Waals surface area contributed by atoms with Gasteiger partial charge in [-0.3, -0.25) is 4.79 Å².